The summed E-state index contributed by atoms with van der Waals surface area (Å²) in [4.78, 5) is 0. The predicted molar refractivity (Wildman–Crippen MR) is 50.0 cm³/mol. The number of aromatic hydroxyl groups is 1. The van der Waals surface area contributed by atoms with Gasteiger partial charge in [-0.05, 0) is 24.6 Å². The summed E-state index contributed by atoms with van der Waals surface area (Å²) < 4.78 is 10.2. The second kappa shape index (κ2) is 4.72. The Balaban J connectivity index is 2.74. The smallest absolute Gasteiger partial charge is 0.160 e. The van der Waals surface area contributed by atoms with Crippen molar-refractivity contribution in [1.29, 1.82) is 0 Å². The number of phenolic OH excluding ortho intramolecular Hbond substituents is 1. The van der Waals surface area contributed by atoms with Crippen molar-refractivity contribution < 1.29 is 14.6 Å². The summed E-state index contributed by atoms with van der Waals surface area (Å²) in [6.07, 6.45) is 0. The van der Waals surface area contributed by atoms with Crippen LogP contribution in [0.2, 0.25) is 0 Å². The fraction of sp³-hybridized carbons (Fsp3) is 0.400. The van der Waals surface area contributed by atoms with Gasteiger partial charge in [0.2, 0.25) is 0 Å². The van der Waals surface area contributed by atoms with Crippen molar-refractivity contribution >= 4 is 0 Å². The van der Waals surface area contributed by atoms with Crippen LogP contribution in [-0.2, 0) is 11.3 Å². The molecule has 0 unspecified atom stereocenters. The van der Waals surface area contributed by atoms with Crippen molar-refractivity contribution in [2.24, 2.45) is 0 Å². The third-order valence-corrected chi connectivity index (χ3v) is 1.72. The molecule has 0 bridgehead atoms. The maximum atomic E-state index is 9.29. The molecule has 1 rings (SSSR count). The molecule has 1 aromatic rings. The van der Waals surface area contributed by atoms with Crippen LogP contribution in [0, 0.1) is 0 Å². The minimum Gasteiger partial charge on any atom is -0.504 e. The Kier molecular flexibility index (Phi) is 3.58. The van der Waals surface area contributed by atoms with Gasteiger partial charge in [0.05, 0.1) is 13.7 Å². The molecule has 0 fully saturated rings. The first-order valence-electron chi connectivity index (χ1n) is 4.21. The Hall–Kier alpha value is -1.22. The molecule has 0 radical (unpaired) electrons. The second-order valence-electron chi connectivity index (χ2n) is 2.64. The number of hydrogen-bond acceptors (Lipinski definition) is 3. The van der Waals surface area contributed by atoms with Crippen molar-refractivity contribution in [3.8, 4) is 11.5 Å². The zero-order chi connectivity index (χ0) is 9.68. The predicted octanol–water partition coefficient (Wildman–Crippen LogP) is 1.94. The SMILES string of the molecule is CCOCc1ccc(O)c(OC)c1. The van der Waals surface area contributed by atoms with Gasteiger partial charge in [-0.1, -0.05) is 6.07 Å². The zero-order valence-electron chi connectivity index (χ0n) is 7.91. The van der Waals surface area contributed by atoms with Gasteiger partial charge in [-0.3, -0.25) is 0 Å². The number of benzene rings is 1. The standard InChI is InChI=1S/C10H14O3/c1-3-13-7-8-4-5-9(11)10(6-8)12-2/h4-6,11H,3,7H2,1-2H3. The second-order valence-corrected chi connectivity index (χ2v) is 2.64. The summed E-state index contributed by atoms with van der Waals surface area (Å²) in [5.74, 6) is 0.639. The van der Waals surface area contributed by atoms with Gasteiger partial charge in [-0.15, -0.1) is 0 Å². The van der Waals surface area contributed by atoms with Gasteiger partial charge >= 0.3 is 0 Å². The number of methoxy groups -OCH3 is 1. The first kappa shape index (κ1) is 9.86. The van der Waals surface area contributed by atoms with Crippen LogP contribution in [0.5, 0.6) is 11.5 Å². The molecule has 3 heteroatoms. The molecular weight excluding hydrogens is 168 g/mol. The molecule has 3 nitrogen and oxygen atoms in total. The Morgan fingerprint density at radius 3 is 2.77 bits per heavy atom. The van der Waals surface area contributed by atoms with Gasteiger partial charge in [0.25, 0.3) is 0 Å². The van der Waals surface area contributed by atoms with Gasteiger partial charge in [-0.25, -0.2) is 0 Å². The molecule has 0 spiro atoms. The lowest BCUT2D eigenvalue weighted by Gasteiger charge is -2.06. The Morgan fingerprint density at radius 2 is 2.15 bits per heavy atom. The molecule has 0 aliphatic rings. The van der Waals surface area contributed by atoms with Crippen molar-refractivity contribution in [3.63, 3.8) is 0 Å². The number of ether oxygens (including phenoxy) is 2. The van der Waals surface area contributed by atoms with Gasteiger partial charge in [-0.2, -0.15) is 0 Å². The van der Waals surface area contributed by atoms with Crippen LogP contribution in [0.25, 0.3) is 0 Å². The van der Waals surface area contributed by atoms with E-state index in [0.717, 1.165) is 5.56 Å². The maximum Gasteiger partial charge on any atom is 0.160 e. The van der Waals surface area contributed by atoms with E-state index in [0.29, 0.717) is 19.0 Å². The van der Waals surface area contributed by atoms with Crippen molar-refractivity contribution in [2.75, 3.05) is 13.7 Å². The Morgan fingerprint density at radius 1 is 1.38 bits per heavy atom. The molecule has 0 amide bonds. The van der Waals surface area contributed by atoms with Crippen LogP contribution in [-0.4, -0.2) is 18.8 Å². The molecular formula is C10H14O3. The summed E-state index contributed by atoms with van der Waals surface area (Å²) in [5.41, 5.74) is 0.997. The van der Waals surface area contributed by atoms with Crippen LogP contribution in [0.4, 0.5) is 0 Å². The molecule has 72 valence electrons. The molecule has 0 aliphatic heterocycles. The Bertz CT molecular complexity index is 271. The van der Waals surface area contributed by atoms with Gasteiger partial charge in [0.1, 0.15) is 0 Å². The topological polar surface area (TPSA) is 38.7 Å². The quantitative estimate of drug-likeness (QED) is 0.773. The molecule has 1 N–H and O–H groups in total. The van der Waals surface area contributed by atoms with E-state index in [-0.39, 0.29) is 5.75 Å². The largest absolute Gasteiger partial charge is 0.504 e. The van der Waals surface area contributed by atoms with Crippen LogP contribution in [0.3, 0.4) is 0 Å². The van der Waals surface area contributed by atoms with E-state index in [1.54, 1.807) is 12.1 Å². The highest BCUT2D eigenvalue weighted by molar-refractivity contribution is 5.41. The van der Waals surface area contributed by atoms with Gasteiger partial charge in [0, 0.05) is 6.61 Å². The summed E-state index contributed by atoms with van der Waals surface area (Å²) in [5, 5.41) is 9.29. The van der Waals surface area contributed by atoms with Gasteiger partial charge in [0.15, 0.2) is 11.5 Å². The molecule has 0 saturated heterocycles. The van der Waals surface area contributed by atoms with Crippen LogP contribution in [0.1, 0.15) is 12.5 Å². The average Bonchev–Trinajstić information content (AvgIpc) is 2.16. The summed E-state index contributed by atoms with van der Waals surface area (Å²) in [6, 6.07) is 5.19. The first-order chi connectivity index (χ1) is 6.27. The number of rotatable bonds is 4. The molecule has 0 aromatic heterocycles. The number of hydrogen-bond donors (Lipinski definition) is 1. The van der Waals surface area contributed by atoms with Crippen molar-refractivity contribution in [1.82, 2.24) is 0 Å². The van der Waals surface area contributed by atoms with Gasteiger partial charge < -0.3 is 14.6 Å². The average molecular weight is 182 g/mol. The van der Waals surface area contributed by atoms with E-state index >= 15 is 0 Å². The highest BCUT2D eigenvalue weighted by Crippen LogP contribution is 2.26. The highest BCUT2D eigenvalue weighted by atomic mass is 16.5. The summed E-state index contributed by atoms with van der Waals surface area (Å²) >= 11 is 0. The molecule has 0 atom stereocenters. The minimum absolute atomic E-state index is 0.155. The monoisotopic (exact) mass is 182 g/mol. The van der Waals surface area contributed by atoms with E-state index in [4.69, 9.17) is 9.47 Å². The third kappa shape index (κ3) is 2.63. The van der Waals surface area contributed by atoms with E-state index in [2.05, 4.69) is 0 Å². The van der Waals surface area contributed by atoms with Crippen LogP contribution >= 0.6 is 0 Å². The maximum absolute atomic E-state index is 9.29. The third-order valence-electron chi connectivity index (χ3n) is 1.72. The zero-order valence-corrected chi connectivity index (χ0v) is 7.91. The molecule has 13 heavy (non-hydrogen) atoms. The summed E-state index contributed by atoms with van der Waals surface area (Å²) in [6.45, 7) is 3.17. The van der Waals surface area contributed by atoms with E-state index < -0.39 is 0 Å². The van der Waals surface area contributed by atoms with E-state index in [9.17, 15) is 5.11 Å². The molecule has 0 saturated carbocycles. The summed E-state index contributed by atoms with van der Waals surface area (Å²) in [7, 11) is 1.53. The van der Waals surface area contributed by atoms with Crippen molar-refractivity contribution in [3.05, 3.63) is 23.8 Å². The lowest BCUT2D eigenvalue weighted by Crippen LogP contribution is -1.92. The normalized spacial score (nSPS) is 10.0. The highest BCUT2D eigenvalue weighted by Gasteiger charge is 2.01. The fourth-order valence-corrected chi connectivity index (χ4v) is 1.03. The van der Waals surface area contributed by atoms with E-state index in [1.165, 1.54) is 7.11 Å². The Labute approximate surface area is 77.9 Å². The molecule has 1 aromatic carbocycles. The van der Waals surface area contributed by atoms with Crippen LogP contribution in [0.15, 0.2) is 18.2 Å². The van der Waals surface area contributed by atoms with E-state index in [1.807, 2.05) is 13.0 Å². The van der Waals surface area contributed by atoms with Crippen LogP contribution < -0.4 is 4.74 Å². The van der Waals surface area contributed by atoms with Crippen molar-refractivity contribution in [2.45, 2.75) is 13.5 Å². The molecule has 0 heterocycles. The lowest BCUT2D eigenvalue weighted by atomic mass is 10.2. The molecule has 0 aliphatic carbocycles. The minimum atomic E-state index is 0.155. The number of phenols is 1. The fourth-order valence-electron chi connectivity index (χ4n) is 1.03. The first-order valence-corrected chi connectivity index (χ1v) is 4.21. The lowest BCUT2D eigenvalue weighted by molar-refractivity contribution is 0.134.